The molecule has 1 unspecified atom stereocenters. The van der Waals surface area contributed by atoms with E-state index in [9.17, 15) is 0 Å². The Morgan fingerprint density at radius 2 is 0.582 bits per heavy atom. The Balaban J connectivity index is 1.42. The van der Waals surface area contributed by atoms with Gasteiger partial charge in [-0.1, -0.05) is 177 Å². The van der Waals surface area contributed by atoms with E-state index < -0.39 is 0 Å². The summed E-state index contributed by atoms with van der Waals surface area (Å²) in [5.41, 5.74) is 15.0. The molecule has 1 atom stereocenters. The van der Waals surface area contributed by atoms with Crippen molar-refractivity contribution in [2.24, 2.45) is 5.92 Å². The molecule has 0 saturated heterocycles. The molecule has 0 aliphatic heterocycles. The summed E-state index contributed by atoms with van der Waals surface area (Å²) in [6, 6.07) is 69.5. The predicted molar refractivity (Wildman–Crippen MR) is 237 cm³/mol. The highest BCUT2D eigenvalue weighted by Crippen LogP contribution is 2.48. The lowest BCUT2D eigenvalue weighted by molar-refractivity contribution is 0.759. The molecule has 0 amide bonds. The quantitative estimate of drug-likeness (QED) is 0.152. The highest BCUT2D eigenvalue weighted by molar-refractivity contribution is 6.29. The van der Waals surface area contributed by atoms with E-state index in [0.717, 1.165) is 6.42 Å². The largest absolute Gasteiger partial charge is 0.0839 e. The first-order chi connectivity index (χ1) is 27.2. The zero-order valence-corrected chi connectivity index (χ0v) is 30.9. The van der Waals surface area contributed by atoms with Crippen molar-refractivity contribution in [3.8, 4) is 55.6 Å². The first-order valence-corrected chi connectivity index (χ1v) is 19.4. The Morgan fingerprint density at radius 1 is 0.327 bits per heavy atom. The maximum atomic E-state index is 2.52. The molecule has 0 aromatic heterocycles. The van der Waals surface area contributed by atoms with Gasteiger partial charge in [0.05, 0.1) is 0 Å². The standard InChI is InChI=1S/C55H40/c1-37-19-17-18-30-43(37)49-36-55-53-34-47(41-26-13-5-14-27-41)45(39-22-9-3-10-23-39)32-51(53)50-31-44(38-20-7-2-8-21-38)46(40-24-11-4-12-25-40)33-52(50)54(55)35-48(49)42-28-15-6-16-29-42/h2-18,20-37H,19H2,1H3. The topological polar surface area (TPSA) is 0 Å². The van der Waals surface area contributed by atoms with Crippen LogP contribution in [0.3, 0.4) is 0 Å². The molecule has 0 nitrogen and oxygen atoms in total. The van der Waals surface area contributed by atoms with E-state index in [1.807, 2.05) is 0 Å². The fraction of sp³-hybridized carbons (Fsp3) is 0.0545. The molecule has 260 valence electrons. The zero-order valence-electron chi connectivity index (χ0n) is 30.9. The fourth-order valence-electron chi connectivity index (χ4n) is 8.76. The van der Waals surface area contributed by atoms with Crippen LogP contribution in [-0.4, -0.2) is 0 Å². The second-order valence-electron chi connectivity index (χ2n) is 14.8. The summed E-state index contributed by atoms with van der Waals surface area (Å²) in [5, 5.41) is 7.62. The van der Waals surface area contributed by atoms with Gasteiger partial charge >= 0.3 is 0 Å². The maximum Gasteiger partial charge on any atom is -0.00921 e. The average molecular weight is 701 g/mol. The van der Waals surface area contributed by atoms with Crippen LogP contribution in [-0.2, 0) is 0 Å². The number of hydrogen-bond donors (Lipinski definition) is 0. The second kappa shape index (κ2) is 13.9. The lowest BCUT2D eigenvalue weighted by atomic mass is 9.80. The Hall–Kier alpha value is -6.76. The van der Waals surface area contributed by atoms with Gasteiger partial charge in [-0.2, -0.15) is 0 Å². The van der Waals surface area contributed by atoms with Crippen molar-refractivity contribution in [3.05, 3.63) is 212 Å². The Labute approximate surface area is 323 Å². The number of fused-ring (bicyclic) bond motifs is 6. The van der Waals surface area contributed by atoms with Crippen molar-refractivity contribution in [2.75, 3.05) is 0 Å². The summed E-state index contributed by atoms with van der Waals surface area (Å²) in [5.74, 6) is 0.416. The van der Waals surface area contributed by atoms with E-state index in [4.69, 9.17) is 0 Å². The van der Waals surface area contributed by atoms with Crippen LogP contribution < -0.4 is 0 Å². The van der Waals surface area contributed by atoms with Crippen LogP contribution in [0.5, 0.6) is 0 Å². The highest BCUT2D eigenvalue weighted by atomic mass is 14.3. The SMILES string of the molecule is CC1CC=CC=C1c1cc2c(cc1-c1ccccc1)c1cc(-c3ccccc3)c(-c3ccccc3)cc1c1cc(-c3ccccc3)c(-c3ccccc3)cc21. The van der Waals surface area contributed by atoms with Gasteiger partial charge in [-0.05, 0) is 148 Å². The van der Waals surface area contributed by atoms with Crippen LogP contribution in [0, 0.1) is 5.92 Å². The number of benzene rings is 9. The molecule has 0 fully saturated rings. The smallest absolute Gasteiger partial charge is 0.00921 e. The highest BCUT2D eigenvalue weighted by Gasteiger charge is 2.22. The molecule has 9 aromatic carbocycles. The third-order valence-electron chi connectivity index (χ3n) is 11.5. The van der Waals surface area contributed by atoms with Crippen molar-refractivity contribution in [1.82, 2.24) is 0 Å². The van der Waals surface area contributed by atoms with E-state index >= 15 is 0 Å². The van der Waals surface area contributed by atoms with Crippen LogP contribution >= 0.6 is 0 Å². The van der Waals surface area contributed by atoms with Gasteiger partial charge in [0, 0.05) is 0 Å². The van der Waals surface area contributed by atoms with E-state index in [1.54, 1.807) is 0 Å². The van der Waals surface area contributed by atoms with Crippen molar-refractivity contribution < 1.29 is 0 Å². The van der Waals surface area contributed by atoms with Crippen LogP contribution in [0.2, 0.25) is 0 Å². The summed E-state index contributed by atoms with van der Waals surface area (Å²) in [6.07, 6.45) is 7.92. The van der Waals surface area contributed by atoms with Crippen molar-refractivity contribution in [1.29, 1.82) is 0 Å². The minimum absolute atomic E-state index is 0.416. The van der Waals surface area contributed by atoms with Crippen molar-refractivity contribution in [2.45, 2.75) is 13.3 Å². The molecule has 0 bridgehead atoms. The monoisotopic (exact) mass is 700 g/mol. The fourth-order valence-corrected chi connectivity index (χ4v) is 8.76. The Bertz CT molecular complexity index is 2830. The molecular formula is C55H40. The van der Waals surface area contributed by atoms with Gasteiger partial charge in [0.25, 0.3) is 0 Å². The summed E-state index contributed by atoms with van der Waals surface area (Å²) in [4.78, 5) is 0. The maximum absolute atomic E-state index is 2.52. The van der Waals surface area contributed by atoms with Gasteiger partial charge in [-0.15, -0.1) is 0 Å². The zero-order chi connectivity index (χ0) is 36.7. The second-order valence-corrected chi connectivity index (χ2v) is 14.8. The van der Waals surface area contributed by atoms with Gasteiger partial charge in [-0.25, -0.2) is 0 Å². The predicted octanol–water partition coefficient (Wildman–Crippen LogP) is 15.5. The molecule has 10 rings (SSSR count). The van der Waals surface area contributed by atoms with Crippen LogP contribution in [0.25, 0.3) is 93.5 Å². The minimum Gasteiger partial charge on any atom is -0.0839 e. The third-order valence-corrected chi connectivity index (χ3v) is 11.5. The molecule has 0 spiro atoms. The van der Waals surface area contributed by atoms with Crippen LogP contribution in [0.1, 0.15) is 18.9 Å². The minimum atomic E-state index is 0.416. The molecule has 9 aromatic rings. The first-order valence-electron chi connectivity index (χ1n) is 19.4. The normalized spacial score (nSPS) is 14.1. The number of hydrogen-bond acceptors (Lipinski definition) is 0. The van der Waals surface area contributed by atoms with Crippen molar-refractivity contribution in [3.63, 3.8) is 0 Å². The molecule has 1 aliphatic carbocycles. The van der Waals surface area contributed by atoms with E-state index in [-0.39, 0.29) is 0 Å². The average Bonchev–Trinajstić information content (AvgIpc) is 3.27. The summed E-state index contributed by atoms with van der Waals surface area (Å²) in [6.45, 7) is 2.36. The van der Waals surface area contributed by atoms with Gasteiger partial charge < -0.3 is 0 Å². The van der Waals surface area contributed by atoms with E-state index in [2.05, 4.69) is 213 Å². The third kappa shape index (κ3) is 5.88. The van der Waals surface area contributed by atoms with Gasteiger partial charge in [0.1, 0.15) is 0 Å². The Kier molecular flexibility index (Phi) is 8.30. The Morgan fingerprint density at radius 3 is 0.855 bits per heavy atom. The first kappa shape index (κ1) is 32.9. The van der Waals surface area contributed by atoms with Gasteiger partial charge in [-0.3, -0.25) is 0 Å². The number of rotatable bonds is 6. The summed E-state index contributed by atoms with van der Waals surface area (Å²) < 4.78 is 0. The van der Waals surface area contributed by atoms with Crippen LogP contribution in [0.4, 0.5) is 0 Å². The lowest BCUT2D eigenvalue weighted by Gasteiger charge is -2.24. The molecular weight excluding hydrogens is 661 g/mol. The molecule has 0 radical (unpaired) electrons. The van der Waals surface area contributed by atoms with Crippen molar-refractivity contribution >= 4 is 37.9 Å². The number of allylic oxidation sites excluding steroid dienone is 4. The van der Waals surface area contributed by atoms with Gasteiger partial charge in [0.15, 0.2) is 0 Å². The molecule has 0 saturated carbocycles. The van der Waals surface area contributed by atoms with E-state index in [1.165, 1.54) is 99.1 Å². The van der Waals surface area contributed by atoms with Crippen LogP contribution in [0.15, 0.2) is 206 Å². The summed E-state index contributed by atoms with van der Waals surface area (Å²) >= 11 is 0. The lowest BCUT2D eigenvalue weighted by Crippen LogP contribution is -2.03. The van der Waals surface area contributed by atoms with E-state index in [0.29, 0.717) is 5.92 Å². The van der Waals surface area contributed by atoms with Gasteiger partial charge in [0.2, 0.25) is 0 Å². The molecule has 0 N–H and O–H groups in total. The molecule has 0 heterocycles. The summed E-state index contributed by atoms with van der Waals surface area (Å²) in [7, 11) is 0. The molecule has 0 heteroatoms. The molecule has 1 aliphatic rings. The molecule has 55 heavy (non-hydrogen) atoms.